The number of anilines is 3. The van der Waals surface area contributed by atoms with Crippen molar-refractivity contribution < 1.29 is 40.8 Å². The van der Waals surface area contributed by atoms with Gasteiger partial charge in [-0.25, -0.2) is 18.2 Å². The average Bonchev–Trinajstić information content (AvgIpc) is 4.02. The third kappa shape index (κ3) is 7.92. The molecule has 1 amide bonds. The molecule has 14 nitrogen and oxygen atoms in total. The minimum Gasteiger partial charge on any atom is -0.371 e. The monoisotopic (exact) mass is 948 g/mol. The van der Waals surface area contributed by atoms with E-state index in [9.17, 15) is 32.0 Å². The van der Waals surface area contributed by atoms with E-state index in [2.05, 4.69) is 49.8 Å². The van der Waals surface area contributed by atoms with Gasteiger partial charge in [0.1, 0.15) is 23.4 Å². The van der Waals surface area contributed by atoms with Gasteiger partial charge in [0.05, 0.1) is 23.7 Å². The Morgan fingerprint density at radius 2 is 1.65 bits per heavy atom. The summed E-state index contributed by atoms with van der Waals surface area (Å²) in [5, 5.41) is 0.340. The number of benzene rings is 3. The molecule has 6 aliphatic rings. The van der Waals surface area contributed by atoms with Crippen molar-refractivity contribution in [3.63, 3.8) is 0 Å². The Morgan fingerprint density at radius 3 is 2.37 bits per heavy atom. The highest BCUT2D eigenvalue weighted by atomic mass is 32.2. The zero-order chi connectivity index (χ0) is 47.3. The first-order chi connectivity index (χ1) is 32.5. The zero-order valence-corrected chi connectivity index (χ0v) is 38.4. The van der Waals surface area contributed by atoms with Gasteiger partial charge in [0, 0.05) is 123 Å². The van der Waals surface area contributed by atoms with Gasteiger partial charge >= 0.3 is 10.2 Å². The Bertz CT molecular complexity index is 3010. The number of carbonyl (C=O) groups is 4. The topological polar surface area (TPSA) is 159 Å². The number of H-pyrrole nitrogens is 1. The maximum atomic E-state index is 15.8. The van der Waals surface area contributed by atoms with E-state index in [-0.39, 0.29) is 59.8 Å². The lowest BCUT2D eigenvalue weighted by Gasteiger charge is -2.62. The summed E-state index contributed by atoms with van der Waals surface area (Å²) in [5.74, 6) is -3.86. The summed E-state index contributed by atoms with van der Waals surface area (Å²) in [4.78, 5) is 67.8. The summed E-state index contributed by atoms with van der Waals surface area (Å²) >= 11 is 0. The van der Waals surface area contributed by atoms with Crippen LogP contribution in [0.2, 0.25) is 0 Å². The molecule has 1 saturated carbocycles. The number of aromatic amines is 1. The van der Waals surface area contributed by atoms with Crippen molar-refractivity contribution in [1.29, 1.82) is 0 Å². The van der Waals surface area contributed by atoms with E-state index in [1.807, 2.05) is 29.0 Å². The van der Waals surface area contributed by atoms with E-state index in [1.54, 1.807) is 17.2 Å². The molecule has 1 spiro atoms. The number of rotatable bonds is 11. The number of alkyl halides is 1. The maximum absolute atomic E-state index is 15.8. The quantitative estimate of drug-likeness (QED) is 0.110. The van der Waals surface area contributed by atoms with Crippen LogP contribution in [0.3, 0.4) is 0 Å². The second-order valence-corrected chi connectivity index (χ2v) is 21.8. The van der Waals surface area contributed by atoms with Crippen molar-refractivity contribution in [1.82, 2.24) is 24.1 Å². The number of nitrogens with zero attached hydrogens (tertiary/aromatic N) is 6. The average molecular weight is 949 g/mol. The fraction of sp³-hybridized carbons (Fsp3) is 0.420. The number of ketones is 3. The smallest absolute Gasteiger partial charge is 0.301 e. The number of Topliss-reactive ketones (excluding diaryl/α,β-unsaturated/α-hetero) is 2. The second-order valence-electron chi connectivity index (χ2n) is 20.1. The van der Waals surface area contributed by atoms with Crippen LogP contribution in [0, 0.1) is 22.5 Å². The van der Waals surface area contributed by atoms with E-state index in [0.29, 0.717) is 41.5 Å². The third-order valence-electron chi connectivity index (χ3n) is 15.2. The van der Waals surface area contributed by atoms with Gasteiger partial charge in [-0.3, -0.25) is 23.9 Å². The summed E-state index contributed by atoms with van der Waals surface area (Å²) in [6, 6.07) is 17.1. The molecule has 5 fully saturated rings. The number of likely N-dealkylation sites (tertiary alicyclic amines) is 1. The molecule has 68 heavy (non-hydrogen) atoms. The summed E-state index contributed by atoms with van der Waals surface area (Å²) in [5.41, 5.74) is 4.54. The molecular formula is C50H51F3N8O6S. The number of piperidine rings is 1. The molecule has 5 aromatic rings. The minimum absolute atomic E-state index is 0.00543. The molecule has 18 heteroatoms. The van der Waals surface area contributed by atoms with E-state index >= 15 is 8.78 Å². The van der Waals surface area contributed by atoms with Crippen LogP contribution in [0.4, 0.5) is 30.2 Å². The van der Waals surface area contributed by atoms with Gasteiger partial charge in [-0.15, -0.1) is 0 Å². The number of hydrogen-bond donors (Lipinski definition) is 2. The van der Waals surface area contributed by atoms with Crippen LogP contribution in [0.1, 0.15) is 77.3 Å². The van der Waals surface area contributed by atoms with Gasteiger partial charge in [0.2, 0.25) is 5.78 Å². The molecule has 1 aliphatic carbocycles. The zero-order valence-electron chi connectivity index (χ0n) is 37.6. The largest absolute Gasteiger partial charge is 0.371 e. The van der Waals surface area contributed by atoms with Gasteiger partial charge in [-0.2, -0.15) is 12.7 Å². The standard InChI is InChI=1S/C50H51F3N8O6S/c1-49(13-16-58(17-14-49)35-6-8-37-32(18-35)23-61(48(37)65)42-11-7-36(62)20-43(42)63)25-57-26-50(27-57)28-59(29-50)34-4-2-30(3-5-34)31-19-38-39(22-55-47(38)54-21-31)46(64)44-40(52)9-10-41(45(44)53)56-68(66,67)60-15-12-33(51)24-60/h2-6,8-10,18-19,21-22,33,42,56H,7,11-17,20,23-29H2,1H3,(H,54,55)/t33-,42?/m1/s1. The number of halogens is 3. The van der Waals surface area contributed by atoms with Crippen molar-refractivity contribution >= 4 is 61.6 Å². The van der Waals surface area contributed by atoms with Crippen LogP contribution in [-0.4, -0.2) is 127 Å². The molecule has 11 rings (SSSR count). The molecule has 2 aromatic heterocycles. The van der Waals surface area contributed by atoms with Crippen molar-refractivity contribution in [2.75, 3.05) is 73.4 Å². The minimum atomic E-state index is -4.35. The number of pyridine rings is 1. The van der Waals surface area contributed by atoms with Crippen LogP contribution < -0.4 is 14.5 Å². The van der Waals surface area contributed by atoms with Crippen LogP contribution >= 0.6 is 0 Å². The molecule has 2 atom stereocenters. The van der Waals surface area contributed by atoms with Crippen molar-refractivity contribution in [3.8, 4) is 11.1 Å². The first kappa shape index (κ1) is 44.4. The van der Waals surface area contributed by atoms with Crippen LogP contribution in [-0.2, 0) is 26.3 Å². The first-order valence-electron chi connectivity index (χ1n) is 23.3. The lowest BCUT2D eigenvalue weighted by atomic mass is 9.70. The normalized spacial score (nSPS) is 22.8. The number of hydrogen-bond acceptors (Lipinski definition) is 10. The Balaban J connectivity index is 0.679. The molecular weight excluding hydrogens is 898 g/mol. The van der Waals surface area contributed by atoms with Crippen LogP contribution in [0.5, 0.6) is 0 Å². The molecule has 1 unspecified atom stereocenters. The highest BCUT2D eigenvalue weighted by molar-refractivity contribution is 7.90. The van der Waals surface area contributed by atoms with E-state index in [0.717, 1.165) is 97.6 Å². The number of aromatic nitrogens is 2. The summed E-state index contributed by atoms with van der Waals surface area (Å²) in [7, 11) is -4.35. The van der Waals surface area contributed by atoms with Gasteiger partial charge < -0.3 is 24.6 Å². The van der Waals surface area contributed by atoms with Crippen molar-refractivity contribution in [3.05, 3.63) is 107 Å². The molecule has 3 aromatic carbocycles. The Hall–Kier alpha value is -6.11. The summed E-state index contributed by atoms with van der Waals surface area (Å²) in [6.07, 6.45) is 4.43. The number of amides is 1. The summed E-state index contributed by atoms with van der Waals surface area (Å²) in [6.45, 7) is 9.29. The maximum Gasteiger partial charge on any atom is 0.301 e. The lowest BCUT2D eigenvalue weighted by molar-refractivity contribution is -0.133. The third-order valence-corrected chi connectivity index (χ3v) is 16.7. The summed E-state index contributed by atoms with van der Waals surface area (Å²) < 4.78 is 73.2. The van der Waals surface area contributed by atoms with Gasteiger partial charge in [0.15, 0.2) is 11.6 Å². The highest BCUT2D eigenvalue weighted by Crippen LogP contribution is 2.45. The van der Waals surface area contributed by atoms with Crippen molar-refractivity contribution in [2.24, 2.45) is 10.8 Å². The fourth-order valence-corrected chi connectivity index (χ4v) is 12.7. The Morgan fingerprint density at radius 1 is 0.897 bits per heavy atom. The van der Waals surface area contributed by atoms with Crippen LogP contribution in [0.25, 0.3) is 22.2 Å². The molecule has 354 valence electrons. The van der Waals surface area contributed by atoms with Gasteiger partial charge in [-0.1, -0.05) is 19.1 Å². The molecule has 7 heterocycles. The molecule has 5 aliphatic heterocycles. The molecule has 0 radical (unpaired) electrons. The van der Waals surface area contributed by atoms with E-state index in [4.69, 9.17) is 0 Å². The SMILES string of the molecule is CC1(CN2CC3(C2)CN(c2ccc(-c4cnc5[nH]cc(C(=O)c6c(F)ccc(NS(=O)(=O)N7CC[C@@H](F)C7)c6F)c5c4)cc2)C3)CCN(c2ccc3c(c2)CN(C2CCC(=O)CC2=O)C3=O)CC1. The fourth-order valence-electron chi connectivity index (χ4n) is 11.4. The predicted octanol–water partition coefficient (Wildman–Crippen LogP) is 6.51. The van der Waals surface area contributed by atoms with Crippen LogP contribution in [0.15, 0.2) is 73.1 Å². The van der Waals surface area contributed by atoms with Crippen molar-refractivity contribution in [2.45, 2.75) is 64.2 Å². The number of carbonyl (C=O) groups excluding carboxylic acids is 4. The van der Waals surface area contributed by atoms with E-state index in [1.165, 1.54) is 6.20 Å². The number of nitrogens with one attached hydrogen (secondary N) is 2. The Kier molecular flexibility index (Phi) is 10.8. The van der Waals surface area contributed by atoms with Gasteiger partial charge in [0.25, 0.3) is 5.91 Å². The molecule has 0 bridgehead atoms. The predicted molar refractivity (Wildman–Crippen MR) is 250 cm³/mol. The first-order valence-corrected chi connectivity index (χ1v) is 24.7. The Labute approximate surface area is 391 Å². The molecule has 2 N–H and O–H groups in total. The molecule has 4 saturated heterocycles. The van der Waals surface area contributed by atoms with E-state index < -0.39 is 51.1 Å². The van der Waals surface area contributed by atoms with Gasteiger partial charge in [-0.05, 0) is 90.8 Å². The number of fused-ring (bicyclic) bond motifs is 2. The highest BCUT2D eigenvalue weighted by Gasteiger charge is 2.53. The lowest BCUT2D eigenvalue weighted by Crippen LogP contribution is -2.73. The second kappa shape index (κ2) is 16.5.